The number of carbonyl (C=O) groups is 1. The lowest BCUT2D eigenvalue weighted by atomic mass is 10.0. The summed E-state index contributed by atoms with van der Waals surface area (Å²) in [5, 5.41) is 2.88. The first kappa shape index (κ1) is 20.9. The third-order valence-electron chi connectivity index (χ3n) is 3.76. The Bertz CT molecular complexity index is 660. The molecule has 0 spiro atoms. The Hall–Kier alpha value is -2.11. The first-order valence-electron chi connectivity index (χ1n) is 7.84. The Morgan fingerprint density at radius 3 is 2.28 bits per heavy atom. The van der Waals surface area contributed by atoms with Crippen LogP contribution in [0.25, 0.3) is 0 Å². The Morgan fingerprint density at radius 1 is 1.12 bits per heavy atom. The normalized spacial score (nSPS) is 11.6. The second-order valence-corrected chi connectivity index (χ2v) is 5.94. The van der Waals surface area contributed by atoms with Gasteiger partial charge in [-0.25, -0.2) is 4.39 Å². The predicted molar refractivity (Wildman–Crippen MR) is 99.8 cm³/mol. The average Bonchev–Trinajstić information content (AvgIpc) is 2.56. The summed E-state index contributed by atoms with van der Waals surface area (Å²) in [4.78, 5) is 14.0. The van der Waals surface area contributed by atoms with Crippen LogP contribution in [-0.4, -0.2) is 38.1 Å². The van der Waals surface area contributed by atoms with Crippen molar-refractivity contribution in [1.29, 1.82) is 0 Å². The van der Waals surface area contributed by atoms with Gasteiger partial charge in [0.15, 0.2) is 6.61 Å². The summed E-state index contributed by atoms with van der Waals surface area (Å²) in [6, 6.07) is 13.9. The van der Waals surface area contributed by atoms with Gasteiger partial charge in [0, 0.05) is 6.54 Å². The molecule has 0 saturated carbocycles. The van der Waals surface area contributed by atoms with E-state index in [2.05, 4.69) is 34.5 Å². The Morgan fingerprint density at radius 2 is 1.72 bits per heavy atom. The van der Waals surface area contributed by atoms with Gasteiger partial charge < -0.3 is 15.0 Å². The highest BCUT2D eigenvalue weighted by atomic mass is 35.5. The average molecular weight is 367 g/mol. The molecule has 0 bridgehead atoms. The summed E-state index contributed by atoms with van der Waals surface area (Å²) >= 11 is 0. The lowest BCUT2D eigenvalue weighted by Crippen LogP contribution is -2.36. The van der Waals surface area contributed by atoms with E-state index in [0.29, 0.717) is 12.3 Å². The van der Waals surface area contributed by atoms with Gasteiger partial charge >= 0.3 is 0 Å². The standard InChI is InChI=1S/C19H23FN2O2.ClH/c1-14-4-6-15(7-5-14)18(22(2)3)12-21-19(23)13-24-17-10-8-16(20)9-11-17;/h4-11,18H,12-13H2,1-3H3,(H,21,23);1H. The second kappa shape index (κ2) is 10.0. The molecule has 1 unspecified atom stereocenters. The molecule has 0 aliphatic rings. The van der Waals surface area contributed by atoms with Crippen LogP contribution in [0.15, 0.2) is 48.5 Å². The fourth-order valence-electron chi connectivity index (χ4n) is 2.33. The number of likely N-dealkylation sites (N-methyl/N-ethyl adjacent to an activating group) is 1. The molecule has 2 aromatic rings. The van der Waals surface area contributed by atoms with E-state index in [1.54, 1.807) is 0 Å². The molecule has 1 atom stereocenters. The first-order valence-corrected chi connectivity index (χ1v) is 7.84. The van der Waals surface area contributed by atoms with E-state index in [-0.39, 0.29) is 36.8 Å². The van der Waals surface area contributed by atoms with Crippen LogP contribution in [0.1, 0.15) is 17.2 Å². The minimum Gasteiger partial charge on any atom is -0.484 e. The molecule has 1 N–H and O–H groups in total. The molecule has 25 heavy (non-hydrogen) atoms. The summed E-state index contributed by atoms with van der Waals surface area (Å²) in [6.07, 6.45) is 0. The van der Waals surface area contributed by atoms with E-state index >= 15 is 0 Å². The van der Waals surface area contributed by atoms with Gasteiger partial charge in [-0.2, -0.15) is 0 Å². The van der Waals surface area contributed by atoms with Crippen molar-refractivity contribution in [3.05, 3.63) is 65.5 Å². The van der Waals surface area contributed by atoms with Crippen LogP contribution in [0.5, 0.6) is 5.75 Å². The quantitative estimate of drug-likeness (QED) is 0.817. The molecule has 0 saturated heterocycles. The van der Waals surface area contributed by atoms with Crippen molar-refractivity contribution in [2.75, 3.05) is 27.2 Å². The zero-order valence-electron chi connectivity index (χ0n) is 14.7. The largest absolute Gasteiger partial charge is 0.484 e. The van der Waals surface area contributed by atoms with E-state index in [0.717, 1.165) is 5.56 Å². The zero-order chi connectivity index (χ0) is 17.5. The van der Waals surface area contributed by atoms with Crippen LogP contribution in [0.2, 0.25) is 0 Å². The first-order chi connectivity index (χ1) is 11.5. The Balaban J connectivity index is 0.00000312. The molecule has 1 amide bonds. The van der Waals surface area contributed by atoms with Crippen LogP contribution < -0.4 is 10.1 Å². The van der Waals surface area contributed by atoms with E-state index in [4.69, 9.17) is 4.74 Å². The maximum atomic E-state index is 12.8. The van der Waals surface area contributed by atoms with Gasteiger partial charge in [0.1, 0.15) is 11.6 Å². The van der Waals surface area contributed by atoms with E-state index in [1.165, 1.54) is 29.8 Å². The summed E-state index contributed by atoms with van der Waals surface area (Å²) in [6.45, 7) is 2.43. The fourth-order valence-corrected chi connectivity index (χ4v) is 2.33. The van der Waals surface area contributed by atoms with Gasteiger partial charge in [0.2, 0.25) is 0 Å². The topological polar surface area (TPSA) is 41.6 Å². The van der Waals surface area contributed by atoms with Gasteiger partial charge in [-0.15, -0.1) is 12.4 Å². The van der Waals surface area contributed by atoms with Gasteiger partial charge in [-0.3, -0.25) is 4.79 Å². The molecule has 0 heterocycles. The smallest absolute Gasteiger partial charge is 0.258 e. The van der Waals surface area contributed by atoms with E-state index in [9.17, 15) is 9.18 Å². The zero-order valence-corrected chi connectivity index (χ0v) is 15.5. The summed E-state index contributed by atoms with van der Waals surface area (Å²) in [5.41, 5.74) is 2.35. The van der Waals surface area contributed by atoms with Crippen LogP contribution >= 0.6 is 12.4 Å². The van der Waals surface area contributed by atoms with Crippen LogP contribution in [0.3, 0.4) is 0 Å². The summed E-state index contributed by atoms with van der Waals surface area (Å²) in [7, 11) is 3.96. The lowest BCUT2D eigenvalue weighted by molar-refractivity contribution is -0.123. The fraction of sp³-hybridized carbons (Fsp3) is 0.316. The molecule has 0 radical (unpaired) electrons. The maximum absolute atomic E-state index is 12.8. The highest BCUT2D eigenvalue weighted by Crippen LogP contribution is 2.18. The molecule has 2 aromatic carbocycles. The number of halogens is 2. The van der Waals surface area contributed by atoms with Crippen LogP contribution in [-0.2, 0) is 4.79 Å². The minimum atomic E-state index is -0.335. The number of benzene rings is 2. The molecule has 2 rings (SSSR count). The van der Waals surface area contributed by atoms with Crippen molar-refractivity contribution >= 4 is 18.3 Å². The monoisotopic (exact) mass is 366 g/mol. The molecular formula is C19H24ClFN2O2. The van der Waals surface area contributed by atoms with Gasteiger partial charge in [-0.05, 0) is 50.8 Å². The summed E-state index contributed by atoms with van der Waals surface area (Å²) in [5.74, 6) is -0.0775. The van der Waals surface area contributed by atoms with Gasteiger partial charge in [0.25, 0.3) is 5.91 Å². The van der Waals surface area contributed by atoms with E-state index < -0.39 is 0 Å². The van der Waals surface area contributed by atoms with Gasteiger partial charge in [0.05, 0.1) is 6.04 Å². The number of nitrogens with zero attached hydrogens (tertiary/aromatic N) is 1. The van der Waals surface area contributed by atoms with Crippen molar-refractivity contribution in [1.82, 2.24) is 10.2 Å². The van der Waals surface area contributed by atoms with Crippen molar-refractivity contribution < 1.29 is 13.9 Å². The maximum Gasteiger partial charge on any atom is 0.258 e. The van der Waals surface area contributed by atoms with Crippen molar-refractivity contribution in [2.45, 2.75) is 13.0 Å². The molecule has 0 aliphatic heterocycles. The van der Waals surface area contributed by atoms with Crippen LogP contribution in [0, 0.1) is 12.7 Å². The number of hydrogen-bond donors (Lipinski definition) is 1. The van der Waals surface area contributed by atoms with E-state index in [1.807, 2.05) is 21.0 Å². The molecule has 0 aliphatic carbocycles. The molecule has 4 nitrogen and oxygen atoms in total. The summed E-state index contributed by atoms with van der Waals surface area (Å²) < 4.78 is 18.2. The minimum absolute atomic E-state index is 0. The number of carbonyl (C=O) groups excluding carboxylic acids is 1. The number of amides is 1. The lowest BCUT2D eigenvalue weighted by Gasteiger charge is -2.25. The molecular weight excluding hydrogens is 343 g/mol. The third-order valence-corrected chi connectivity index (χ3v) is 3.76. The van der Waals surface area contributed by atoms with Gasteiger partial charge in [-0.1, -0.05) is 29.8 Å². The van der Waals surface area contributed by atoms with Crippen molar-refractivity contribution in [2.24, 2.45) is 0 Å². The SMILES string of the molecule is Cc1ccc(C(CNC(=O)COc2ccc(F)cc2)N(C)C)cc1.Cl. The molecule has 0 fully saturated rings. The van der Waals surface area contributed by atoms with Crippen molar-refractivity contribution in [3.8, 4) is 5.75 Å². The highest BCUT2D eigenvalue weighted by Gasteiger charge is 2.15. The molecule has 6 heteroatoms. The Kier molecular flexibility index (Phi) is 8.38. The molecule has 136 valence electrons. The number of aryl methyl sites for hydroxylation is 1. The molecule has 0 aromatic heterocycles. The third kappa shape index (κ3) is 6.72. The predicted octanol–water partition coefficient (Wildman–Crippen LogP) is 3.35. The van der Waals surface area contributed by atoms with Crippen LogP contribution in [0.4, 0.5) is 4.39 Å². The van der Waals surface area contributed by atoms with Crippen molar-refractivity contribution in [3.63, 3.8) is 0 Å². The Labute approximate surface area is 154 Å². The number of ether oxygens (including phenoxy) is 1. The number of rotatable bonds is 7. The number of hydrogen-bond acceptors (Lipinski definition) is 3. The number of nitrogens with one attached hydrogen (secondary N) is 1. The second-order valence-electron chi connectivity index (χ2n) is 5.94. The highest BCUT2D eigenvalue weighted by molar-refractivity contribution is 5.85.